The fourth-order valence-corrected chi connectivity index (χ4v) is 3.88. The fraction of sp³-hybridized carbons (Fsp3) is 0.250. The quantitative estimate of drug-likeness (QED) is 0.436. The summed E-state index contributed by atoms with van der Waals surface area (Å²) < 4.78 is 16.1. The van der Waals surface area contributed by atoms with Crippen LogP contribution in [0.3, 0.4) is 0 Å². The van der Waals surface area contributed by atoms with Crippen molar-refractivity contribution >= 4 is 22.7 Å². The molecule has 1 aliphatic heterocycles. The highest BCUT2D eigenvalue weighted by atomic mass is 16.5. The predicted molar refractivity (Wildman–Crippen MR) is 114 cm³/mol. The molecule has 160 valence electrons. The van der Waals surface area contributed by atoms with Crippen molar-refractivity contribution in [3.8, 4) is 5.75 Å². The monoisotopic (exact) mass is 421 g/mol. The molecular weight excluding hydrogens is 398 g/mol. The number of methoxy groups -OCH3 is 2. The second-order valence-electron chi connectivity index (χ2n) is 7.26. The number of Topliss-reactive ketones (excluding diaryl/α,β-unsaturated/α-hetero) is 1. The topological polar surface area (TPSA) is 89.2 Å². The van der Waals surface area contributed by atoms with Crippen molar-refractivity contribution < 1.29 is 28.6 Å². The molecule has 2 aromatic carbocycles. The number of furan rings is 1. The van der Waals surface area contributed by atoms with Crippen molar-refractivity contribution in [2.75, 3.05) is 27.4 Å². The van der Waals surface area contributed by atoms with E-state index in [2.05, 4.69) is 0 Å². The highest BCUT2D eigenvalue weighted by Gasteiger charge is 2.44. The molecule has 0 saturated heterocycles. The number of carbonyl (C=O) groups excluding carboxylic acids is 2. The van der Waals surface area contributed by atoms with E-state index in [9.17, 15) is 14.7 Å². The molecule has 0 saturated carbocycles. The van der Waals surface area contributed by atoms with Gasteiger partial charge in [-0.25, -0.2) is 0 Å². The minimum Gasteiger partial charge on any atom is -0.503 e. The number of ether oxygens (including phenoxy) is 2. The predicted octanol–water partition coefficient (Wildman–Crippen LogP) is 4.06. The van der Waals surface area contributed by atoms with Crippen LogP contribution >= 0.6 is 0 Å². The van der Waals surface area contributed by atoms with Crippen molar-refractivity contribution in [3.63, 3.8) is 0 Å². The van der Waals surface area contributed by atoms with Crippen LogP contribution < -0.4 is 4.74 Å². The summed E-state index contributed by atoms with van der Waals surface area (Å²) in [5.74, 6) is -1.02. The summed E-state index contributed by atoms with van der Waals surface area (Å²) in [6.45, 7) is 0.762. The van der Waals surface area contributed by atoms with E-state index in [4.69, 9.17) is 13.9 Å². The molecule has 1 atom stereocenters. The lowest BCUT2D eigenvalue weighted by molar-refractivity contribution is -0.129. The van der Waals surface area contributed by atoms with Gasteiger partial charge in [-0.3, -0.25) is 9.59 Å². The van der Waals surface area contributed by atoms with Gasteiger partial charge >= 0.3 is 0 Å². The van der Waals surface area contributed by atoms with Gasteiger partial charge in [0.1, 0.15) is 11.3 Å². The number of nitrogens with zero attached hydrogens (tertiary/aromatic N) is 1. The Hall–Kier alpha value is -3.58. The van der Waals surface area contributed by atoms with Crippen molar-refractivity contribution in [3.05, 3.63) is 77.3 Å². The number of aliphatic hydroxyl groups excluding tert-OH is 1. The Labute approximate surface area is 179 Å². The zero-order valence-electron chi connectivity index (χ0n) is 17.3. The van der Waals surface area contributed by atoms with Crippen LogP contribution in [-0.2, 0) is 9.53 Å². The number of carbonyl (C=O) groups is 2. The van der Waals surface area contributed by atoms with Crippen LogP contribution in [0.15, 0.2) is 70.3 Å². The van der Waals surface area contributed by atoms with Gasteiger partial charge in [0, 0.05) is 25.6 Å². The van der Waals surface area contributed by atoms with E-state index in [1.807, 2.05) is 18.2 Å². The SMILES string of the molecule is COCCCN1C(=O)C(O)=C(C(=O)c2cc3ccccc3o2)C1c1cccc(OC)c1. The summed E-state index contributed by atoms with van der Waals surface area (Å²) in [5.41, 5.74) is 1.22. The molecule has 7 nitrogen and oxygen atoms in total. The number of fused-ring (bicyclic) bond motifs is 1. The van der Waals surface area contributed by atoms with E-state index < -0.39 is 23.5 Å². The first-order valence-electron chi connectivity index (χ1n) is 9.95. The Bertz CT molecular complexity index is 1130. The third-order valence-corrected chi connectivity index (χ3v) is 5.35. The van der Waals surface area contributed by atoms with E-state index in [1.165, 1.54) is 4.90 Å². The zero-order valence-corrected chi connectivity index (χ0v) is 17.3. The molecule has 1 N–H and O–H groups in total. The molecule has 0 aliphatic carbocycles. The summed E-state index contributed by atoms with van der Waals surface area (Å²) in [6.07, 6.45) is 0.558. The smallest absolute Gasteiger partial charge is 0.290 e. The highest BCUT2D eigenvalue weighted by Crippen LogP contribution is 2.40. The zero-order chi connectivity index (χ0) is 22.0. The second kappa shape index (κ2) is 8.65. The van der Waals surface area contributed by atoms with Gasteiger partial charge in [0.2, 0.25) is 5.78 Å². The third-order valence-electron chi connectivity index (χ3n) is 5.35. The van der Waals surface area contributed by atoms with Gasteiger partial charge in [0.25, 0.3) is 5.91 Å². The average Bonchev–Trinajstić information content (AvgIpc) is 3.33. The molecular formula is C24H23NO6. The Morgan fingerprint density at radius 1 is 1.13 bits per heavy atom. The fourth-order valence-electron chi connectivity index (χ4n) is 3.88. The Morgan fingerprint density at radius 2 is 1.94 bits per heavy atom. The summed E-state index contributed by atoms with van der Waals surface area (Å²) in [4.78, 5) is 27.8. The highest BCUT2D eigenvalue weighted by molar-refractivity contribution is 6.16. The van der Waals surface area contributed by atoms with Crippen LogP contribution in [-0.4, -0.2) is 49.1 Å². The third kappa shape index (κ3) is 3.80. The van der Waals surface area contributed by atoms with E-state index in [0.717, 1.165) is 5.39 Å². The molecule has 2 heterocycles. The molecule has 0 bridgehead atoms. The van der Waals surface area contributed by atoms with Gasteiger partial charge in [-0.05, 0) is 36.2 Å². The Balaban J connectivity index is 1.78. The molecule has 0 radical (unpaired) electrons. The van der Waals surface area contributed by atoms with Gasteiger partial charge < -0.3 is 23.9 Å². The molecule has 31 heavy (non-hydrogen) atoms. The molecule has 1 aromatic heterocycles. The summed E-state index contributed by atoms with van der Waals surface area (Å²) in [6, 6.07) is 15.2. The minimum atomic E-state index is -0.764. The lowest BCUT2D eigenvalue weighted by Crippen LogP contribution is -2.32. The maximum atomic E-state index is 13.4. The standard InChI is InChI=1S/C24H23NO6/c1-29-12-6-11-25-21(16-8-5-9-17(13-16)30-2)20(23(27)24(25)28)22(26)19-14-15-7-3-4-10-18(15)31-19/h3-5,7-10,13-14,21,27H,6,11-12H2,1-2H3. The lowest BCUT2D eigenvalue weighted by Gasteiger charge is -2.26. The number of amides is 1. The van der Waals surface area contributed by atoms with E-state index >= 15 is 0 Å². The summed E-state index contributed by atoms with van der Waals surface area (Å²) in [7, 11) is 3.13. The number of benzene rings is 2. The lowest BCUT2D eigenvalue weighted by atomic mass is 9.94. The summed E-state index contributed by atoms with van der Waals surface area (Å²) >= 11 is 0. The van der Waals surface area contributed by atoms with Crippen LogP contribution in [0, 0.1) is 0 Å². The van der Waals surface area contributed by atoms with E-state index in [1.54, 1.807) is 50.6 Å². The Morgan fingerprint density at radius 3 is 2.68 bits per heavy atom. The van der Waals surface area contributed by atoms with E-state index in [0.29, 0.717) is 36.5 Å². The first-order valence-corrected chi connectivity index (χ1v) is 9.95. The molecule has 0 fully saturated rings. The van der Waals surface area contributed by atoms with Crippen molar-refractivity contribution in [2.45, 2.75) is 12.5 Å². The Kier molecular flexibility index (Phi) is 5.77. The maximum absolute atomic E-state index is 13.4. The number of aliphatic hydroxyl groups is 1. The van der Waals surface area contributed by atoms with Crippen LogP contribution in [0.2, 0.25) is 0 Å². The van der Waals surface area contributed by atoms with Crippen LogP contribution in [0.4, 0.5) is 0 Å². The van der Waals surface area contributed by atoms with E-state index in [-0.39, 0.29) is 11.3 Å². The number of hydrogen-bond donors (Lipinski definition) is 1. The molecule has 1 amide bonds. The first kappa shape index (κ1) is 20.7. The molecule has 1 aliphatic rings. The molecule has 3 aromatic rings. The normalized spacial score (nSPS) is 16.4. The average molecular weight is 421 g/mol. The number of para-hydroxylation sites is 1. The first-order chi connectivity index (χ1) is 15.0. The number of hydrogen-bond acceptors (Lipinski definition) is 6. The largest absolute Gasteiger partial charge is 0.503 e. The van der Waals surface area contributed by atoms with Gasteiger partial charge in [-0.15, -0.1) is 0 Å². The van der Waals surface area contributed by atoms with Crippen molar-refractivity contribution in [1.82, 2.24) is 4.90 Å². The van der Waals surface area contributed by atoms with Gasteiger partial charge in [0.05, 0.1) is 18.7 Å². The number of ketones is 1. The maximum Gasteiger partial charge on any atom is 0.290 e. The van der Waals surface area contributed by atoms with Crippen molar-refractivity contribution in [2.24, 2.45) is 0 Å². The van der Waals surface area contributed by atoms with Gasteiger partial charge in [0.15, 0.2) is 11.5 Å². The molecule has 1 unspecified atom stereocenters. The van der Waals surface area contributed by atoms with Crippen LogP contribution in [0.5, 0.6) is 5.75 Å². The second-order valence-corrected chi connectivity index (χ2v) is 7.26. The molecule has 7 heteroatoms. The minimum absolute atomic E-state index is 0.00488. The van der Waals surface area contributed by atoms with Crippen molar-refractivity contribution in [1.29, 1.82) is 0 Å². The van der Waals surface area contributed by atoms with Crippen LogP contribution in [0.1, 0.15) is 28.6 Å². The number of rotatable bonds is 8. The van der Waals surface area contributed by atoms with Gasteiger partial charge in [-0.2, -0.15) is 0 Å². The summed E-state index contributed by atoms with van der Waals surface area (Å²) in [5, 5.41) is 11.5. The van der Waals surface area contributed by atoms with Gasteiger partial charge in [-0.1, -0.05) is 30.3 Å². The molecule has 0 spiro atoms. The molecule has 4 rings (SSSR count). The van der Waals surface area contributed by atoms with Crippen LogP contribution in [0.25, 0.3) is 11.0 Å².